The molecule has 4 aliphatic rings. The molecular weight excluding hydrogens is 930 g/mol. The Morgan fingerprint density at radius 3 is 2.11 bits per heavy atom. The molecule has 3 aromatic carbocycles. The molecule has 382 valence electrons. The number of benzene rings is 3. The van der Waals surface area contributed by atoms with Crippen LogP contribution in [-0.4, -0.2) is 145 Å². The van der Waals surface area contributed by atoms with Gasteiger partial charge in [-0.1, -0.05) is 62.0 Å². The number of aromatic nitrogens is 2. The molecule has 0 bridgehead atoms. The number of nitrogens with one attached hydrogen (secondary N) is 1. The quantitative estimate of drug-likeness (QED) is 0.0624. The van der Waals surface area contributed by atoms with Crippen LogP contribution in [0, 0.1) is 11.8 Å². The molecule has 4 aliphatic heterocycles. The molecular formula is C55H76ClN11O3S. The summed E-state index contributed by atoms with van der Waals surface area (Å²) in [5, 5.41) is 26.2. The van der Waals surface area contributed by atoms with Gasteiger partial charge in [0.25, 0.3) is 0 Å². The third-order valence-electron chi connectivity index (χ3n) is 15.2. The van der Waals surface area contributed by atoms with E-state index in [2.05, 4.69) is 78.6 Å². The fraction of sp³-hybridized carbons (Fsp3) is 0.527. The second-order valence-corrected chi connectivity index (χ2v) is 22.3. The van der Waals surface area contributed by atoms with Crippen LogP contribution in [0.4, 0.5) is 23.0 Å². The number of likely N-dealkylation sites (tertiary alicyclic amines) is 2. The Labute approximate surface area is 431 Å². The van der Waals surface area contributed by atoms with Crippen molar-refractivity contribution in [2.24, 2.45) is 22.6 Å². The van der Waals surface area contributed by atoms with Gasteiger partial charge in [-0.15, -0.1) is 0 Å². The third kappa shape index (κ3) is 12.8. The zero-order valence-electron chi connectivity index (χ0n) is 42.8. The number of phenolic OH excluding ortho intramolecular Hbond substituents is 2. The van der Waals surface area contributed by atoms with E-state index in [0.717, 1.165) is 122 Å². The summed E-state index contributed by atoms with van der Waals surface area (Å²) >= 11 is 8.72. The van der Waals surface area contributed by atoms with Crippen LogP contribution in [0.1, 0.15) is 88.8 Å². The van der Waals surface area contributed by atoms with Crippen molar-refractivity contribution >= 4 is 63.7 Å². The van der Waals surface area contributed by atoms with Gasteiger partial charge in [0, 0.05) is 108 Å². The summed E-state index contributed by atoms with van der Waals surface area (Å²) in [6.07, 6.45) is 8.69. The van der Waals surface area contributed by atoms with E-state index in [9.17, 15) is 15.0 Å². The first-order valence-corrected chi connectivity index (χ1v) is 26.9. The zero-order chi connectivity index (χ0) is 50.4. The lowest BCUT2D eigenvalue weighted by molar-refractivity contribution is -0.111. The molecule has 0 aliphatic carbocycles. The van der Waals surface area contributed by atoms with Crippen molar-refractivity contribution in [1.82, 2.24) is 24.7 Å². The minimum Gasteiger partial charge on any atom is -0.508 e. The molecule has 16 heteroatoms. The zero-order valence-corrected chi connectivity index (χ0v) is 44.4. The molecule has 1 aromatic heterocycles. The normalized spacial score (nSPS) is 19.1. The van der Waals surface area contributed by atoms with Gasteiger partial charge in [-0.2, -0.15) is 0 Å². The van der Waals surface area contributed by atoms with Crippen molar-refractivity contribution in [3.8, 4) is 11.5 Å². The van der Waals surface area contributed by atoms with Gasteiger partial charge < -0.3 is 36.0 Å². The number of amidine groups is 1. The molecule has 71 heavy (non-hydrogen) atoms. The van der Waals surface area contributed by atoms with E-state index >= 15 is 0 Å². The number of piperidine rings is 3. The number of aromatic hydroxyl groups is 2. The molecule has 0 spiro atoms. The molecule has 0 saturated carbocycles. The minimum absolute atomic E-state index is 0.0215. The molecule has 8 rings (SSSR count). The maximum atomic E-state index is 12.8. The smallest absolute Gasteiger partial charge is 0.195 e. The second kappa shape index (κ2) is 23.3. The van der Waals surface area contributed by atoms with E-state index in [1.807, 2.05) is 39.2 Å². The SMILES string of the molecule is C=C(c1cc(C(C)C)c(O)cc1O)N(C(=NC)C(C)=O)c1ccc(CN2CCC(CN3CCC(CN4CCN(c5cccc(Sc6ncc(N7CCC(C)(N)CC7)nc6NC)c5Cl)CC4)CC3)CC2)cc1. The van der Waals surface area contributed by atoms with E-state index in [-0.39, 0.29) is 34.6 Å². The number of nitrogens with zero attached hydrogens (tertiary/aromatic N) is 9. The van der Waals surface area contributed by atoms with Gasteiger partial charge in [0.2, 0.25) is 0 Å². The number of nitrogens with two attached hydrogens (primary N) is 1. The molecule has 4 saturated heterocycles. The standard InChI is InChI=1S/C55H76ClN11O3S/c1-37(2)44-31-45(48(70)32-47(44)69)38(3)67(53(59-7)39(4)68)43-13-11-40(12-14-43)34-62-21-15-41(16-22-62)35-63-23-17-42(18-24-63)36-64-27-29-65(30-28-64)46-9-8-10-49(51(46)56)71-54-52(58-6)61-50(33-60-54)66-25-19-55(5,57)20-26-66/h8-14,31-33,37,41-42,69-70H,3,15-30,34-36,57H2,1-2,4-7H3,(H,58,61). The monoisotopic (exact) mass is 1010 g/mol. The van der Waals surface area contributed by atoms with E-state index < -0.39 is 0 Å². The van der Waals surface area contributed by atoms with Crippen LogP contribution < -0.4 is 25.8 Å². The highest BCUT2D eigenvalue weighted by Gasteiger charge is 2.30. The average Bonchev–Trinajstić information content (AvgIpc) is 3.35. The highest BCUT2D eigenvalue weighted by Crippen LogP contribution is 2.42. The molecule has 4 aromatic rings. The maximum Gasteiger partial charge on any atom is 0.195 e. The number of carbonyl (C=O) groups excluding carboxylic acids is 1. The molecule has 0 atom stereocenters. The number of halogens is 1. The Balaban J connectivity index is 0.762. The summed E-state index contributed by atoms with van der Waals surface area (Å²) in [4.78, 5) is 42.3. The van der Waals surface area contributed by atoms with Crippen LogP contribution in [0.5, 0.6) is 11.5 Å². The molecule has 14 nitrogen and oxygen atoms in total. The van der Waals surface area contributed by atoms with Gasteiger partial charge in [-0.25, -0.2) is 9.97 Å². The number of ketones is 1. The number of anilines is 4. The number of carbonyl (C=O) groups is 1. The Bertz CT molecular complexity index is 2510. The number of piperazine rings is 1. The fourth-order valence-corrected chi connectivity index (χ4v) is 12.0. The van der Waals surface area contributed by atoms with Crippen molar-refractivity contribution in [1.29, 1.82) is 0 Å². The topological polar surface area (TPSA) is 153 Å². The molecule has 0 radical (unpaired) electrons. The van der Waals surface area contributed by atoms with Crippen molar-refractivity contribution in [3.05, 3.63) is 89.1 Å². The highest BCUT2D eigenvalue weighted by molar-refractivity contribution is 7.99. The highest BCUT2D eigenvalue weighted by atomic mass is 35.5. The van der Waals surface area contributed by atoms with Gasteiger partial charge in [-0.3, -0.25) is 24.5 Å². The number of aliphatic imine (C=N–C) groups is 1. The number of hydrogen-bond acceptors (Lipinski definition) is 14. The first kappa shape index (κ1) is 52.4. The van der Waals surface area contributed by atoms with Gasteiger partial charge in [0.15, 0.2) is 17.4 Å². The van der Waals surface area contributed by atoms with Crippen molar-refractivity contribution < 1.29 is 15.0 Å². The minimum atomic E-state index is -0.217. The number of phenols is 2. The Morgan fingerprint density at radius 2 is 1.52 bits per heavy atom. The van der Waals surface area contributed by atoms with Crippen molar-refractivity contribution in [2.45, 2.75) is 94.1 Å². The number of hydrogen-bond donors (Lipinski definition) is 4. The fourth-order valence-electron chi connectivity index (χ4n) is 10.7. The van der Waals surface area contributed by atoms with Gasteiger partial charge >= 0.3 is 0 Å². The molecule has 0 unspecified atom stereocenters. The van der Waals surface area contributed by atoms with Gasteiger partial charge in [0.1, 0.15) is 22.3 Å². The molecule has 5 heterocycles. The summed E-state index contributed by atoms with van der Waals surface area (Å²) in [5.41, 5.74) is 10.8. The summed E-state index contributed by atoms with van der Waals surface area (Å²) in [6.45, 7) is 25.4. The summed E-state index contributed by atoms with van der Waals surface area (Å²) in [5.74, 6) is 3.03. The third-order valence-corrected chi connectivity index (χ3v) is 16.8. The van der Waals surface area contributed by atoms with Crippen molar-refractivity contribution in [3.63, 3.8) is 0 Å². The van der Waals surface area contributed by atoms with Crippen molar-refractivity contribution in [2.75, 3.05) is 113 Å². The van der Waals surface area contributed by atoms with Gasteiger partial charge in [0.05, 0.1) is 22.6 Å². The maximum absolute atomic E-state index is 12.8. The van der Waals surface area contributed by atoms with E-state index in [1.54, 1.807) is 29.8 Å². The number of rotatable bonds is 16. The van der Waals surface area contributed by atoms with Crippen LogP contribution >= 0.6 is 23.4 Å². The van der Waals surface area contributed by atoms with Crippen LogP contribution in [0.2, 0.25) is 5.02 Å². The predicted molar refractivity (Wildman–Crippen MR) is 293 cm³/mol. The predicted octanol–water partition coefficient (Wildman–Crippen LogP) is 9.02. The Kier molecular flexibility index (Phi) is 17.2. The van der Waals surface area contributed by atoms with Crippen LogP contribution in [0.25, 0.3) is 5.70 Å². The Morgan fingerprint density at radius 1 is 0.901 bits per heavy atom. The lowest BCUT2D eigenvalue weighted by atomic mass is 9.91. The van der Waals surface area contributed by atoms with Crippen LogP contribution in [0.3, 0.4) is 0 Å². The van der Waals surface area contributed by atoms with Crippen LogP contribution in [-0.2, 0) is 11.3 Å². The van der Waals surface area contributed by atoms with Crippen LogP contribution in [0.15, 0.2) is 82.3 Å². The lowest BCUT2D eigenvalue weighted by Crippen LogP contribution is -2.49. The molecule has 5 N–H and O–H groups in total. The van der Waals surface area contributed by atoms with Gasteiger partial charge in [-0.05, 0) is 131 Å². The van der Waals surface area contributed by atoms with E-state index in [4.69, 9.17) is 27.3 Å². The first-order valence-electron chi connectivity index (χ1n) is 25.7. The first-order chi connectivity index (χ1) is 34.1. The number of Topliss-reactive ketones (excluding diaryl/α,β-unsaturated/α-hetero) is 1. The molecule has 4 fully saturated rings. The van der Waals surface area contributed by atoms with E-state index in [0.29, 0.717) is 16.8 Å². The molecule has 0 amide bonds. The Hall–Kier alpha value is -4.90. The average molecular weight is 1010 g/mol. The summed E-state index contributed by atoms with van der Waals surface area (Å²) in [7, 11) is 3.48. The second-order valence-electron chi connectivity index (χ2n) is 20.9. The summed E-state index contributed by atoms with van der Waals surface area (Å²) < 4.78 is 0. The van der Waals surface area contributed by atoms with E-state index in [1.165, 1.54) is 70.4 Å². The lowest BCUT2D eigenvalue weighted by Gasteiger charge is -2.41. The largest absolute Gasteiger partial charge is 0.508 e. The summed E-state index contributed by atoms with van der Waals surface area (Å²) in [6, 6.07) is 17.6.